The van der Waals surface area contributed by atoms with Crippen LogP contribution in [0.1, 0.15) is 65.5 Å². The molecule has 1 rings (SSSR count). The zero-order valence-electron chi connectivity index (χ0n) is 20.5. The predicted octanol–water partition coefficient (Wildman–Crippen LogP) is 4.99. The van der Waals surface area contributed by atoms with Crippen molar-refractivity contribution < 1.29 is 23.9 Å². The van der Waals surface area contributed by atoms with Crippen molar-refractivity contribution in [3.63, 3.8) is 0 Å². The minimum absolute atomic E-state index is 0.154. The first kappa shape index (κ1) is 27.2. The van der Waals surface area contributed by atoms with Gasteiger partial charge in [0, 0.05) is 6.42 Å². The fraction of sp³-hybridized carbons (Fsp3) is 0.667. The van der Waals surface area contributed by atoms with Gasteiger partial charge >= 0.3 is 12.1 Å². The van der Waals surface area contributed by atoms with Crippen molar-refractivity contribution in [2.45, 2.75) is 97.0 Å². The maximum Gasteiger partial charge on any atom is 0.408 e. The van der Waals surface area contributed by atoms with Gasteiger partial charge in [-0.05, 0) is 62.9 Å². The number of esters is 1. The molecule has 1 aromatic carbocycles. The summed E-state index contributed by atoms with van der Waals surface area (Å²) in [7, 11) is -2.30. The Morgan fingerprint density at radius 1 is 1.06 bits per heavy atom. The van der Waals surface area contributed by atoms with Crippen LogP contribution in [0.5, 0.6) is 0 Å². The molecule has 176 valence electrons. The number of alkyl carbamates (subject to hydrolysis) is 1. The van der Waals surface area contributed by atoms with Gasteiger partial charge in [0.2, 0.25) is 0 Å². The fourth-order valence-corrected chi connectivity index (χ4v) is 3.45. The van der Waals surface area contributed by atoms with Crippen molar-refractivity contribution in [2.24, 2.45) is 0 Å². The van der Waals surface area contributed by atoms with E-state index in [1.165, 1.54) is 0 Å². The van der Waals surface area contributed by atoms with Crippen molar-refractivity contribution in [2.75, 3.05) is 6.61 Å². The molecule has 7 heteroatoms. The zero-order valence-corrected chi connectivity index (χ0v) is 21.5. The molecule has 2 N–H and O–H groups in total. The Bertz CT molecular complexity index is 717. The molecule has 0 aliphatic carbocycles. The van der Waals surface area contributed by atoms with Gasteiger partial charge in [-0.15, -0.1) is 0 Å². The normalized spacial score (nSPS) is 13.5. The van der Waals surface area contributed by atoms with Crippen molar-refractivity contribution in [1.29, 1.82) is 0 Å². The third-order valence-corrected chi connectivity index (χ3v) is 8.97. The third kappa shape index (κ3) is 9.87. The maximum absolute atomic E-state index is 12.6. The summed E-state index contributed by atoms with van der Waals surface area (Å²) in [5, 5.41) is 2.50. The zero-order chi connectivity index (χ0) is 23.9. The molecule has 0 bridgehead atoms. The Morgan fingerprint density at radius 3 is 2.10 bits per heavy atom. The van der Waals surface area contributed by atoms with Crippen LogP contribution in [0.25, 0.3) is 0 Å². The van der Waals surface area contributed by atoms with E-state index >= 15 is 0 Å². The van der Waals surface area contributed by atoms with Gasteiger partial charge in [-0.3, -0.25) is 0 Å². The number of hydrogen-bond donors (Lipinski definition) is 2. The lowest BCUT2D eigenvalue weighted by atomic mass is 9.98. The molecule has 0 spiro atoms. The molecular formula is C24H41NO5Si. The van der Waals surface area contributed by atoms with Crippen molar-refractivity contribution in [3.05, 3.63) is 35.4 Å². The van der Waals surface area contributed by atoms with Crippen molar-refractivity contribution in [1.82, 2.24) is 5.32 Å². The van der Waals surface area contributed by atoms with Crippen molar-refractivity contribution in [3.8, 4) is 0 Å². The van der Waals surface area contributed by atoms with Gasteiger partial charge in [0.25, 0.3) is 0 Å². The lowest BCUT2D eigenvalue weighted by Crippen LogP contribution is -2.45. The van der Waals surface area contributed by atoms with Crippen molar-refractivity contribution >= 4 is 20.4 Å². The molecule has 6 nitrogen and oxygen atoms in total. The summed E-state index contributed by atoms with van der Waals surface area (Å²) >= 11 is 0. The molecular weight excluding hydrogens is 410 g/mol. The summed E-state index contributed by atoms with van der Waals surface area (Å²) in [6, 6.07) is 7.13. The number of unbranched alkanes of at least 4 members (excludes halogenated alkanes) is 1. The first-order valence-electron chi connectivity index (χ1n) is 11.1. The number of hydrogen-bond acceptors (Lipinski definition) is 5. The number of benzene rings is 1. The van der Waals surface area contributed by atoms with E-state index in [0.29, 0.717) is 13.0 Å². The van der Waals surface area contributed by atoms with Gasteiger partial charge in [0.1, 0.15) is 11.6 Å². The van der Waals surface area contributed by atoms with Crippen LogP contribution in [0, 0.1) is 0 Å². The average molecular weight is 452 g/mol. The minimum atomic E-state index is -2.30. The fourth-order valence-electron chi connectivity index (χ4n) is 2.82. The summed E-state index contributed by atoms with van der Waals surface area (Å²) < 4.78 is 10.7. The van der Waals surface area contributed by atoms with Crippen LogP contribution >= 0.6 is 0 Å². The smallest absolute Gasteiger partial charge is 0.408 e. The van der Waals surface area contributed by atoms with Crippen LogP contribution in [-0.2, 0) is 27.1 Å². The van der Waals surface area contributed by atoms with Gasteiger partial charge in [0.15, 0.2) is 8.32 Å². The van der Waals surface area contributed by atoms with E-state index < -0.39 is 32.0 Å². The highest BCUT2D eigenvalue weighted by atomic mass is 28.4. The van der Waals surface area contributed by atoms with E-state index in [4.69, 9.17) is 9.47 Å². The summed E-state index contributed by atoms with van der Waals surface area (Å²) in [5.74, 6) is -0.461. The first-order valence-corrected chi connectivity index (χ1v) is 14.1. The highest BCUT2D eigenvalue weighted by Gasteiger charge is 2.37. The van der Waals surface area contributed by atoms with Crippen LogP contribution in [-0.4, -0.2) is 43.4 Å². The molecule has 0 heterocycles. The maximum atomic E-state index is 12.6. The summed E-state index contributed by atoms with van der Waals surface area (Å²) in [4.78, 5) is 35.3. The lowest BCUT2D eigenvalue weighted by Gasteiger charge is -2.35. The molecule has 0 aliphatic rings. The number of amides is 1. The number of nitrogens with one attached hydrogen (secondary N) is 1. The van der Waals surface area contributed by atoms with E-state index in [9.17, 15) is 14.4 Å². The third-order valence-electron chi connectivity index (χ3n) is 5.48. The van der Waals surface area contributed by atoms with Crippen LogP contribution in [0.3, 0.4) is 0 Å². The molecule has 0 radical (unpaired) electrons. The van der Waals surface area contributed by atoms with Crippen LogP contribution in [0.2, 0.25) is 18.1 Å². The molecule has 0 aromatic heterocycles. The van der Waals surface area contributed by atoms with Crippen LogP contribution in [0.4, 0.5) is 4.79 Å². The van der Waals surface area contributed by atoms with Gasteiger partial charge in [-0.1, -0.05) is 51.5 Å². The Kier molecular flexibility index (Phi) is 9.76. The molecule has 31 heavy (non-hydrogen) atoms. The molecule has 1 atom stereocenters. The monoisotopic (exact) mass is 451 g/mol. The lowest BCUT2D eigenvalue weighted by molar-refractivity contribution is -0.146. The van der Waals surface area contributed by atoms with Crippen LogP contribution < -0.4 is 5.32 Å². The van der Waals surface area contributed by atoms with E-state index in [0.717, 1.165) is 30.4 Å². The molecule has 1 unspecified atom stereocenters. The highest BCUT2D eigenvalue weighted by Crippen LogP contribution is 2.38. The number of carbonyl (C=O) groups is 2. The largest absolute Gasteiger partial charge is 0.464 e. The van der Waals surface area contributed by atoms with Gasteiger partial charge in [-0.2, -0.15) is 0 Å². The molecule has 1 aromatic rings. The SMILES string of the molecule is CCCCOC(=O)C(Cc1ccc(CC(C)(C)[Si](C)(C)O)cc1)NC(=O)OC(C)(C)C. The second-order valence-electron chi connectivity index (χ2n) is 10.4. The minimum Gasteiger partial charge on any atom is -0.464 e. The van der Waals surface area contributed by atoms with Crippen LogP contribution in [0.15, 0.2) is 24.3 Å². The van der Waals surface area contributed by atoms with Gasteiger partial charge in [-0.25, -0.2) is 9.59 Å². The summed E-state index contributed by atoms with van der Waals surface area (Å²) in [6.07, 6.45) is 2.15. The molecule has 0 saturated heterocycles. The Balaban J connectivity index is 2.90. The standard InChI is InChI=1S/C24H41NO5Si/c1-9-10-15-29-21(26)20(25-22(27)30-23(2,3)4)16-18-11-13-19(14-12-18)17-24(5,6)31(7,8)28/h11-14,20,28H,9-10,15-17H2,1-8H3,(H,25,27). The predicted molar refractivity (Wildman–Crippen MR) is 127 cm³/mol. The molecule has 0 saturated carbocycles. The Labute approximate surface area is 188 Å². The molecule has 1 amide bonds. The summed E-state index contributed by atoms with van der Waals surface area (Å²) in [6.45, 7) is 15.8. The second kappa shape index (κ2) is 11.1. The topological polar surface area (TPSA) is 84.9 Å². The first-order chi connectivity index (χ1) is 14.1. The number of ether oxygens (including phenoxy) is 2. The highest BCUT2D eigenvalue weighted by molar-refractivity contribution is 6.72. The van der Waals surface area contributed by atoms with Gasteiger partial charge in [0.05, 0.1) is 6.61 Å². The summed E-state index contributed by atoms with van der Waals surface area (Å²) in [5.41, 5.74) is 1.39. The van der Waals surface area contributed by atoms with E-state index in [2.05, 4.69) is 19.2 Å². The van der Waals surface area contributed by atoms with E-state index in [1.807, 2.05) is 44.3 Å². The Morgan fingerprint density at radius 2 is 1.61 bits per heavy atom. The number of carbonyl (C=O) groups excluding carboxylic acids is 2. The molecule has 0 aliphatic heterocycles. The van der Waals surface area contributed by atoms with E-state index in [-0.39, 0.29) is 5.04 Å². The Hall–Kier alpha value is -1.86. The van der Waals surface area contributed by atoms with E-state index in [1.54, 1.807) is 20.8 Å². The number of rotatable bonds is 10. The molecule has 0 fully saturated rings. The average Bonchev–Trinajstić information content (AvgIpc) is 2.60. The second-order valence-corrected chi connectivity index (χ2v) is 14.8. The quantitative estimate of drug-likeness (QED) is 0.297. The van der Waals surface area contributed by atoms with Gasteiger partial charge < -0.3 is 19.6 Å².